The van der Waals surface area contributed by atoms with Crippen LogP contribution in [0.2, 0.25) is 0 Å². The Morgan fingerprint density at radius 2 is 0.840 bits per heavy atom. The summed E-state index contributed by atoms with van der Waals surface area (Å²) in [6.45, 7) is 16.1. The molecule has 0 bridgehead atoms. The molecule has 0 spiro atoms. The minimum absolute atomic E-state index is 0.00128. The molecule has 2 aliphatic heterocycles. The Kier molecular flexibility index (Phi) is 10.7. The summed E-state index contributed by atoms with van der Waals surface area (Å²) in [4.78, 5) is 16.9. The van der Waals surface area contributed by atoms with Crippen molar-refractivity contribution in [2.75, 3.05) is 10.2 Å². The lowest BCUT2D eigenvalue weighted by Crippen LogP contribution is -2.30. The molecule has 8 aromatic carbocycles. The summed E-state index contributed by atoms with van der Waals surface area (Å²) in [7, 11) is 0. The lowest BCUT2D eigenvalue weighted by molar-refractivity contribution is 0.588. The van der Waals surface area contributed by atoms with Gasteiger partial charge in [0, 0.05) is 78.8 Å². The van der Waals surface area contributed by atoms with Gasteiger partial charge in [-0.25, -0.2) is 15.0 Å². The molecular formula is C73H60N8. The molecule has 8 heterocycles. The molecule has 0 unspecified atom stereocenters. The maximum Gasteiger partial charge on any atom is 0.137 e. The van der Waals surface area contributed by atoms with Crippen LogP contribution < -0.4 is 10.2 Å². The van der Waals surface area contributed by atoms with E-state index in [-0.39, 0.29) is 16.2 Å². The predicted molar refractivity (Wildman–Crippen MR) is 337 cm³/mol. The summed E-state index contributed by atoms with van der Waals surface area (Å²) in [5.74, 6) is 2.78. The molecule has 8 nitrogen and oxygen atoms in total. The normalized spacial score (nSPS) is 14.1. The summed E-state index contributed by atoms with van der Waals surface area (Å²) in [5, 5.41) is 11.1. The van der Waals surface area contributed by atoms with Gasteiger partial charge in [0.15, 0.2) is 0 Å². The molecule has 8 heteroatoms. The van der Waals surface area contributed by atoms with E-state index in [0.29, 0.717) is 0 Å². The van der Waals surface area contributed by atoms with Crippen molar-refractivity contribution in [1.82, 2.24) is 28.7 Å². The minimum atomic E-state index is -0.235. The molecule has 0 saturated heterocycles. The maximum atomic E-state index is 4.96. The number of pyridine rings is 3. The second-order valence-corrected chi connectivity index (χ2v) is 23.9. The molecule has 0 fully saturated rings. The molecule has 81 heavy (non-hydrogen) atoms. The zero-order chi connectivity index (χ0) is 54.9. The fourth-order valence-corrected chi connectivity index (χ4v) is 13.3. The van der Waals surface area contributed by atoms with Gasteiger partial charge in [-0.15, -0.1) is 0 Å². The van der Waals surface area contributed by atoms with E-state index in [4.69, 9.17) is 9.97 Å². The average Bonchev–Trinajstić information content (AvgIpc) is 4.22. The van der Waals surface area contributed by atoms with E-state index >= 15 is 0 Å². The van der Waals surface area contributed by atoms with E-state index in [1.165, 1.54) is 93.9 Å². The molecule has 1 N–H and O–H groups in total. The molecule has 0 amide bonds. The largest absolute Gasteiger partial charge is 0.355 e. The third-order valence-electron chi connectivity index (χ3n) is 17.4. The number of hydrogen-bond acceptors (Lipinski definition) is 5. The van der Waals surface area contributed by atoms with Crippen LogP contribution >= 0.6 is 0 Å². The Labute approximate surface area is 471 Å². The van der Waals surface area contributed by atoms with Crippen LogP contribution in [0.3, 0.4) is 0 Å². The van der Waals surface area contributed by atoms with Gasteiger partial charge in [0.2, 0.25) is 0 Å². The number of benzene rings is 8. The van der Waals surface area contributed by atoms with Crippen LogP contribution in [0.25, 0.3) is 82.9 Å². The topological polar surface area (TPSA) is 68.7 Å². The first-order valence-electron chi connectivity index (χ1n) is 28.1. The Hall–Kier alpha value is -9.79. The van der Waals surface area contributed by atoms with Gasteiger partial charge in [0.05, 0.1) is 44.5 Å². The van der Waals surface area contributed by atoms with Gasteiger partial charge in [0.1, 0.15) is 17.5 Å². The molecule has 14 aromatic rings. The van der Waals surface area contributed by atoms with Gasteiger partial charge in [0.25, 0.3) is 0 Å². The zero-order valence-electron chi connectivity index (χ0n) is 46.6. The van der Waals surface area contributed by atoms with Crippen molar-refractivity contribution >= 4 is 93.9 Å². The number of fused-ring (bicyclic) bond motifs is 13. The highest BCUT2D eigenvalue weighted by Gasteiger charge is 2.39. The van der Waals surface area contributed by atoms with Crippen LogP contribution in [0.5, 0.6) is 0 Å². The standard InChI is InChI=1S/C47H39N5.C26H21N3/c1-46(2,3)30-23-25-49-45(26-30)52-38-17-9-6-14-32(38)34-22-21-31(27-41(34)52)50-40-19-11-8-16-36(40)47(4,5)37-28-35-33-15-7-10-18-39(33)51(42(35)29-43(37)50)44-20-12-13-24-48-44;1-26(2)19-10-4-5-11-21(19)28-22-16-24-18(15-20(22)26)17-9-3-6-12-23(17)29(24)25-13-7-8-14-27-25/h6-29H,1-5H3;3-16,28H,1-2H3. The van der Waals surface area contributed by atoms with Gasteiger partial charge in [-0.3, -0.25) is 13.7 Å². The number of para-hydroxylation sites is 5. The van der Waals surface area contributed by atoms with Crippen molar-refractivity contribution in [2.24, 2.45) is 0 Å². The number of nitrogens with zero attached hydrogens (tertiary/aromatic N) is 7. The van der Waals surface area contributed by atoms with Crippen molar-refractivity contribution in [2.45, 2.75) is 64.7 Å². The SMILES string of the molecule is CC(C)(C)c1ccnc(-n2c3ccccc3c3ccc(N4c5ccccc5C(C)(C)c5cc6c7ccccc7n(-c7ccccn7)c6cc54)cc32)c1.CC1(C)c2ccccc2Nc2cc3c(cc21)c1ccccc1n3-c1ccccn1. The van der Waals surface area contributed by atoms with Crippen LogP contribution in [0.4, 0.5) is 28.4 Å². The summed E-state index contributed by atoms with van der Waals surface area (Å²) in [6, 6.07) is 76.5. The van der Waals surface area contributed by atoms with Crippen molar-refractivity contribution < 1.29 is 0 Å². The number of rotatable bonds is 4. The fraction of sp³-hybridized carbons (Fsp3) is 0.137. The maximum absolute atomic E-state index is 4.96. The van der Waals surface area contributed by atoms with E-state index in [1.807, 2.05) is 36.8 Å². The first-order valence-corrected chi connectivity index (χ1v) is 28.1. The molecule has 6 aromatic heterocycles. The van der Waals surface area contributed by atoms with Crippen LogP contribution in [0.1, 0.15) is 76.3 Å². The second-order valence-electron chi connectivity index (χ2n) is 23.9. The smallest absolute Gasteiger partial charge is 0.137 e. The molecule has 2 aliphatic rings. The number of hydrogen-bond donors (Lipinski definition) is 1. The molecule has 16 rings (SSSR count). The molecule has 0 radical (unpaired) electrons. The third-order valence-corrected chi connectivity index (χ3v) is 17.4. The molecular weight excluding hydrogens is 989 g/mol. The van der Waals surface area contributed by atoms with Gasteiger partial charge in [-0.2, -0.15) is 0 Å². The van der Waals surface area contributed by atoms with Crippen LogP contribution in [-0.2, 0) is 16.2 Å². The van der Waals surface area contributed by atoms with Crippen molar-refractivity contribution in [3.8, 4) is 17.5 Å². The summed E-state index contributed by atoms with van der Waals surface area (Å²) in [5.41, 5.74) is 18.9. The first kappa shape index (κ1) is 48.3. The van der Waals surface area contributed by atoms with E-state index in [2.05, 4.69) is 271 Å². The fourth-order valence-electron chi connectivity index (χ4n) is 13.3. The Morgan fingerprint density at radius 1 is 0.346 bits per heavy atom. The first-order chi connectivity index (χ1) is 39.3. The Balaban J connectivity index is 0.000000164. The minimum Gasteiger partial charge on any atom is -0.355 e. The highest BCUT2D eigenvalue weighted by molar-refractivity contribution is 6.14. The van der Waals surface area contributed by atoms with E-state index in [1.54, 1.807) is 0 Å². The van der Waals surface area contributed by atoms with Crippen molar-refractivity contribution in [3.05, 3.63) is 259 Å². The highest BCUT2D eigenvalue weighted by Crippen LogP contribution is 2.55. The summed E-state index contributed by atoms with van der Waals surface area (Å²) < 4.78 is 6.91. The summed E-state index contributed by atoms with van der Waals surface area (Å²) >= 11 is 0. The van der Waals surface area contributed by atoms with Gasteiger partial charge < -0.3 is 10.2 Å². The predicted octanol–water partition coefficient (Wildman–Crippen LogP) is 18.6. The number of anilines is 5. The monoisotopic (exact) mass is 1050 g/mol. The van der Waals surface area contributed by atoms with E-state index < -0.39 is 0 Å². The quantitative estimate of drug-likeness (QED) is 0.190. The average molecular weight is 1050 g/mol. The van der Waals surface area contributed by atoms with Gasteiger partial charge >= 0.3 is 0 Å². The molecule has 392 valence electrons. The molecule has 0 saturated carbocycles. The van der Waals surface area contributed by atoms with Gasteiger partial charge in [-0.05, 0) is 136 Å². The molecule has 0 aliphatic carbocycles. The third kappa shape index (κ3) is 7.39. The Morgan fingerprint density at radius 3 is 1.47 bits per heavy atom. The lowest BCUT2D eigenvalue weighted by atomic mass is 9.73. The lowest BCUT2D eigenvalue weighted by Gasteiger charge is -2.42. The van der Waals surface area contributed by atoms with Gasteiger partial charge in [-0.1, -0.05) is 158 Å². The van der Waals surface area contributed by atoms with Crippen LogP contribution in [0.15, 0.2) is 231 Å². The van der Waals surface area contributed by atoms with E-state index in [0.717, 1.165) is 45.2 Å². The van der Waals surface area contributed by atoms with Crippen molar-refractivity contribution in [3.63, 3.8) is 0 Å². The molecule has 0 atom stereocenters. The zero-order valence-corrected chi connectivity index (χ0v) is 46.6. The second kappa shape index (κ2) is 17.9. The van der Waals surface area contributed by atoms with Crippen LogP contribution in [0, 0.1) is 0 Å². The highest BCUT2D eigenvalue weighted by atomic mass is 15.2. The number of aromatic nitrogens is 6. The number of nitrogens with one attached hydrogen (secondary N) is 1. The van der Waals surface area contributed by atoms with E-state index in [9.17, 15) is 0 Å². The van der Waals surface area contributed by atoms with Crippen LogP contribution in [-0.4, -0.2) is 28.7 Å². The summed E-state index contributed by atoms with van der Waals surface area (Å²) in [6.07, 6.45) is 5.68. The Bertz CT molecular complexity index is 4840. The van der Waals surface area contributed by atoms with Crippen molar-refractivity contribution in [1.29, 1.82) is 0 Å².